The standard InChI is InChI=1S/C11H18N4O3S2/c1-6-19-10-13-15(11(17)18-7(2)3)9(20-10)12-8(16)14(4)5/h7H,6H2,1-5H3. The highest BCUT2D eigenvalue weighted by atomic mass is 32.2. The lowest BCUT2D eigenvalue weighted by molar-refractivity contribution is 0.113. The normalized spacial score (nSPS) is 11.8. The fraction of sp³-hybridized carbons (Fsp3) is 0.636. The predicted molar refractivity (Wildman–Crippen MR) is 78.2 cm³/mol. The van der Waals surface area contributed by atoms with Gasteiger partial charge in [0.1, 0.15) is 0 Å². The van der Waals surface area contributed by atoms with Crippen molar-refractivity contribution in [2.45, 2.75) is 31.2 Å². The Morgan fingerprint density at radius 1 is 1.50 bits per heavy atom. The van der Waals surface area contributed by atoms with Gasteiger partial charge < -0.3 is 9.64 Å². The second-order valence-corrected chi connectivity index (χ2v) is 6.68. The molecule has 1 heterocycles. The van der Waals surface area contributed by atoms with E-state index in [0.717, 1.165) is 10.4 Å². The van der Waals surface area contributed by atoms with E-state index < -0.39 is 12.1 Å². The van der Waals surface area contributed by atoms with Crippen LogP contribution in [0.5, 0.6) is 0 Å². The third-order valence-electron chi connectivity index (χ3n) is 1.89. The van der Waals surface area contributed by atoms with Gasteiger partial charge >= 0.3 is 12.1 Å². The molecule has 0 saturated carbocycles. The van der Waals surface area contributed by atoms with Crippen LogP contribution in [0.4, 0.5) is 9.59 Å². The Bertz CT molecular complexity index is 548. The molecule has 0 spiro atoms. The number of amides is 2. The van der Waals surface area contributed by atoms with Crippen LogP contribution in [0, 0.1) is 0 Å². The fourth-order valence-corrected chi connectivity index (χ4v) is 2.87. The Morgan fingerprint density at radius 2 is 2.15 bits per heavy atom. The summed E-state index contributed by atoms with van der Waals surface area (Å²) >= 11 is 2.66. The van der Waals surface area contributed by atoms with Crippen LogP contribution in [0.25, 0.3) is 0 Å². The van der Waals surface area contributed by atoms with Crippen molar-refractivity contribution in [3.8, 4) is 0 Å². The number of urea groups is 1. The molecule has 0 aromatic carbocycles. The van der Waals surface area contributed by atoms with Crippen LogP contribution >= 0.6 is 23.1 Å². The first-order valence-electron chi connectivity index (χ1n) is 6.05. The van der Waals surface area contributed by atoms with Gasteiger partial charge in [-0.05, 0) is 19.6 Å². The molecule has 0 atom stereocenters. The van der Waals surface area contributed by atoms with Crippen LogP contribution in [0.3, 0.4) is 0 Å². The zero-order valence-corrected chi connectivity index (χ0v) is 13.7. The SMILES string of the molecule is CCSc1nn(C(=O)OC(C)C)c(=NC(=O)N(C)C)s1. The number of hydrogen-bond donors (Lipinski definition) is 0. The van der Waals surface area contributed by atoms with Crippen molar-refractivity contribution >= 4 is 35.2 Å². The Morgan fingerprint density at radius 3 is 2.65 bits per heavy atom. The molecule has 0 N–H and O–H groups in total. The maximum Gasteiger partial charge on any atom is 0.437 e. The molecule has 0 radical (unpaired) electrons. The number of ether oxygens (including phenoxy) is 1. The van der Waals surface area contributed by atoms with Gasteiger partial charge in [0, 0.05) is 14.1 Å². The minimum atomic E-state index is -0.635. The van der Waals surface area contributed by atoms with E-state index in [1.165, 1.54) is 28.0 Å². The molecule has 0 aliphatic heterocycles. The summed E-state index contributed by atoms with van der Waals surface area (Å²) in [6.45, 7) is 5.47. The van der Waals surface area contributed by atoms with Crippen LogP contribution in [-0.4, -0.2) is 52.8 Å². The Balaban J connectivity index is 3.20. The van der Waals surface area contributed by atoms with Gasteiger partial charge in [-0.1, -0.05) is 30.0 Å². The summed E-state index contributed by atoms with van der Waals surface area (Å²) in [7, 11) is 3.18. The van der Waals surface area contributed by atoms with Crippen molar-refractivity contribution < 1.29 is 14.3 Å². The molecule has 0 bridgehead atoms. The molecule has 9 heteroatoms. The first kappa shape index (κ1) is 16.7. The second-order valence-electron chi connectivity index (χ2n) is 4.22. The average molecular weight is 318 g/mol. The molecular formula is C11H18N4O3S2. The lowest BCUT2D eigenvalue weighted by Gasteiger charge is -2.07. The van der Waals surface area contributed by atoms with E-state index in [1.54, 1.807) is 27.9 Å². The monoisotopic (exact) mass is 318 g/mol. The Labute approximate surface area is 125 Å². The topological polar surface area (TPSA) is 76.8 Å². The summed E-state index contributed by atoms with van der Waals surface area (Å²) in [5.41, 5.74) is 0. The van der Waals surface area contributed by atoms with Gasteiger partial charge in [-0.3, -0.25) is 0 Å². The molecule has 1 aromatic heterocycles. The predicted octanol–water partition coefficient (Wildman–Crippen LogP) is 2.03. The van der Waals surface area contributed by atoms with Crippen molar-refractivity contribution in [1.82, 2.24) is 14.7 Å². The molecule has 112 valence electrons. The minimum Gasteiger partial charge on any atom is -0.445 e. The summed E-state index contributed by atoms with van der Waals surface area (Å²) in [4.78, 5) is 29.0. The number of aromatic nitrogens is 2. The van der Waals surface area contributed by atoms with Crippen molar-refractivity contribution in [3.63, 3.8) is 0 Å². The third kappa shape index (κ3) is 4.64. The molecular weight excluding hydrogens is 300 g/mol. The van der Waals surface area contributed by atoms with E-state index in [-0.39, 0.29) is 10.9 Å². The number of carbonyl (C=O) groups excluding carboxylic acids is 2. The third-order valence-corrected chi connectivity index (χ3v) is 3.82. The van der Waals surface area contributed by atoms with Crippen molar-refractivity contribution in [3.05, 3.63) is 4.80 Å². The number of hydrogen-bond acceptors (Lipinski definition) is 6. The van der Waals surface area contributed by atoms with E-state index in [2.05, 4.69) is 10.1 Å². The summed E-state index contributed by atoms with van der Waals surface area (Å²) < 4.78 is 6.78. The summed E-state index contributed by atoms with van der Waals surface area (Å²) in [5, 5.41) is 4.12. The van der Waals surface area contributed by atoms with Gasteiger partial charge in [0.15, 0.2) is 4.34 Å². The van der Waals surface area contributed by atoms with Crippen molar-refractivity contribution in [1.29, 1.82) is 0 Å². The maximum absolute atomic E-state index is 11.9. The summed E-state index contributed by atoms with van der Waals surface area (Å²) in [5.74, 6) is 0.813. The molecule has 20 heavy (non-hydrogen) atoms. The van der Waals surface area contributed by atoms with Crippen LogP contribution in [-0.2, 0) is 4.74 Å². The van der Waals surface area contributed by atoms with Gasteiger partial charge in [0.05, 0.1) is 6.10 Å². The fourth-order valence-electron chi connectivity index (χ4n) is 1.07. The van der Waals surface area contributed by atoms with E-state index >= 15 is 0 Å². The number of carbonyl (C=O) groups is 2. The zero-order chi connectivity index (χ0) is 15.3. The van der Waals surface area contributed by atoms with Crippen LogP contribution in [0.1, 0.15) is 20.8 Å². The van der Waals surface area contributed by atoms with E-state index in [0.29, 0.717) is 4.34 Å². The maximum atomic E-state index is 11.9. The second kappa shape index (κ2) is 7.44. The van der Waals surface area contributed by atoms with E-state index in [9.17, 15) is 9.59 Å². The van der Waals surface area contributed by atoms with Crippen LogP contribution in [0.15, 0.2) is 9.33 Å². The molecule has 2 amide bonds. The highest BCUT2D eigenvalue weighted by molar-refractivity contribution is 8.00. The van der Waals surface area contributed by atoms with Gasteiger partial charge in [-0.2, -0.15) is 4.99 Å². The van der Waals surface area contributed by atoms with Gasteiger partial charge in [-0.25, -0.2) is 9.59 Å². The largest absolute Gasteiger partial charge is 0.445 e. The van der Waals surface area contributed by atoms with Crippen LogP contribution in [0.2, 0.25) is 0 Å². The lowest BCUT2D eigenvalue weighted by Crippen LogP contribution is -2.30. The van der Waals surface area contributed by atoms with Crippen LogP contribution < -0.4 is 4.80 Å². The summed E-state index contributed by atoms with van der Waals surface area (Å²) in [6, 6.07) is -0.451. The average Bonchev–Trinajstić information content (AvgIpc) is 2.71. The lowest BCUT2D eigenvalue weighted by atomic mass is 10.5. The van der Waals surface area contributed by atoms with Gasteiger partial charge in [-0.15, -0.1) is 9.78 Å². The minimum absolute atomic E-state index is 0.213. The summed E-state index contributed by atoms with van der Waals surface area (Å²) in [6.07, 6.45) is -0.902. The number of nitrogens with zero attached hydrogens (tertiary/aromatic N) is 4. The molecule has 1 rings (SSSR count). The van der Waals surface area contributed by atoms with E-state index in [4.69, 9.17) is 4.74 Å². The smallest absolute Gasteiger partial charge is 0.437 e. The molecule has 0 unspecified atom stereocenters. The Kier molecular flexibility index (Phi) is 6.21. The molecule has 0 aliphatic carbocycles. The number of thioether (sulfide) groups is 1. The number of rotatable bonds is 3. The quantitative estimate of drug-likeness (QED) is 0.797. The van der Waals surface area contributed by atoms with Crippen molar-refractivity contribution in [2.75, 3.05) is 19.8 Å². The molecule has 0 aliphatic rings. The molecule has 7 nitrogen and oxygen atoms in total. The highest BCUT2D eigenvalue weighted by Gasteiger charge is 2.16. The first-order chi connectivity index (χ1) is 9.35. The molecule has 0 saturated heterocycles. The zero-order valence-electron chi connectivity index (χ0n) is 12.1. The van der Waals surface area contributed by atoms with Gasteiger partial charge in [0.2, 0.25) is 4.80 Å². The Hall–Kier alpha value is -1.35. The van der Waals surface area contributed by atoms with Gasteiger partial charge in [0.25, 0.3) is 0 Å². The van der Waals surface area contributed by atoms with E-state index in [1.807, 2.05) is 6.92 Å². The molecule has 0 fully saturated rings. The first-order valence-corrected chi connectivity index (χ1v) is 7.85. The van der Waals surface area contributed by atoms with Crippen molar-refractivity contribution in [2.24, 2.45) is 4.99 Å². The highest BCUT2D eigenvalue weighted by Crippen LogP contribution is 2.17. The molecule has 1 aromatic rings.